The molecule has 0 unspecified atom stereocenters. The first-order valence-electron chi connectivity index (χ1n) is 9.56. The van der Waals surface area contributed by atoms with Gasteiger partial charge in [0.05, 0.1) is 12.6 Å². The van der Waals surface area contributed by atoms with Gasteiger partial charge < -0.3 is 14.8 Å². The third-order valence-corrected chi connectivity index (χ3v) is 4.70. The molecule has 0 aliphatic carbocycles. The van der Waals surface area contributed by atoms with Gasteiger partial charge in [0, 0.05) is 16.1 Å². The third-order valence-electron chi connectivity index (χ3n) is 4.46. The highest BCUT2D eigenvalue weighted by Crippen LogP contribution is 2.24. The summed E-state index contributed by atoms with van der Waals surface area (Å²) in [5.74, 6) is 1.21. The van der Waals surface area contributed by atoms with E-state index in [4.69, 9.17) is 21.1 Å². The zero-order valence-corrected chi connectivity index (χ0v) is 17.3. The Bertz CT molecular complexity index is 959. The van der Waals surface area contributed by atoms with Gasteiger partial charge in [-0.15, -0.1) is 0 Å². The van der Waals surface area contributed by atoms with Crippen LogP contribution in [0.1, 0.15) is 41.4 Å². The van der Waals surface area contributed by atoms with E-state index in [0.717, 1.165) is 11.1 Å². The van der Waals surface area contributed by atoms with Crippen molar-refractivity contribution in [3.63, 3.8) is 0 Å². The van der Waals surface area contributed by atoms with E-state index in [9.17, 15) is 4.79 Å². The molecule has 0 aliphatic rings. The summed E-state index contributed by atoms with van der Waals surface area (Å²) >= 11 is 6.02. The number of carbonyl (C=O) groups excluding carboxylic acids is 1. The molecule has 3 aromatic carbocycles. The predicted octanol–water partition coefficient (Wildman–Crippen LogP) is 5.81. The van der Waals surface area contributed by atoms with Crippen molar-refractivity contribution < 1.29 is 14.3 Å². The van der Waals surface area contributed by atoms with Gasteiger partial charge in [0.15, 0.2) is 0 Å². The summed E-state index contributed by atoms with van der Waals surface area (Å²) in [5, 5.41) is 3.64. The summed E-state index contributed by atoms with van der Waals surface area (Å²) in [6.07, 6.45) is 0. The maximum Gasteiger partial charge on any atom is 0.251 e. The van der Waals surface area contributed by atoms with Crippen molar-refractivity contribution in [3.05, 3.63) is 94.5 Å². The van der Waals surface area contributed by atoms with E-state index >= 15 is 0 Å². The maximum absolute atomic E-state index is 12.8. The van der Waals surface area contributed by atoms with Crippen LogP contribution in [0.5, 0.6) is 11.5 Å². The fourth-order valence-corrected chi connectivity index (χ4v) is 3.13. The third kappa shape index (κ3) is 5.75. The lowest BCUT2D eigenvalue weighted by Gasteiger charge is -2.16. The lowest BCUT2D eigenvalue weighted by molar-refractivity contribution is 0.0939. The Hall–Kier alpha value is -2.98. The number of hydrogen-bond acceptors (Lipinski definition) is 3. The van der Waals surface area contributed by atoms with Gasteiger partial charge >= 0.3 is 0 Å². The molecule has 5 heteroatoms. The van der Waals surface area contributed by atoms with E-state index < -0.39 is 0 Å². The van der Waals surface area contributed by atoms with Crippen molar-refractivity contribution in [1.82, 2.24) is 5.32 Å². The monoisotopic (exact) mass is 409 g/mol. The Labute approximate surface area is 176 Å². The largest absolute Gasteiger partial charge is 0.493 e. The van der Waals surface area contributed by atoms with E-state index in [0.29, 0.717) is 28.7 Å². The van der Waals surface area contributed by atoms with E-state index in [1.54, 1.807) is 18.2 Å². The molecule has 4 nitrogen and oxygen atoms in total. The molecule has 150 valence electrons. The Kier molecular flexibility index (Phi) is 7.14. The number of hydrogen-bond donors (Lipinski definition) is 1. The molecule has 0 fully saturated rings. The molecule has 1 N–H and O–H groups in total. The van der Waals surface area contributed by atoms with Crippen molar-refractivity contribution in [3.8, 4) is 11.5 Å². The first-order chi connectivity index (χ1) is 14.1. The smallest absolute Gasteiger partial charge is 0.251 e. The van der Waals surface area contributed by atoms with E-state index in [-0.39, 0.29) is 18.6 Å². The van der Waals surface area contributed by atoms with Crippen molar-refractivity contribution in [2.75, 3.05) is 6.61 Å². The van der Waals surface area contributed by atoms with Crippen LogP contribution in [0.2, 0.25) is 5.02 Å². The van der Waals surface area contributed by atoms with Crippen LogP contribution in [-0.2, 0) is 6.61 Å². The maximum atomic E-state index is 12.8. The lowest BCUT2D eigenvalue weighted by atomic mass is 10.1. The average molecular weight is 410 g/mol. The van der Waals surface area contributed by atoms with Crippen LogP contribution < -0.4 is 14.8 Å². The molecule has 0 aliphatic heterocycles. The van der Waals surface area contributed by atoms with Crippen molar-refractivity contribution in [1.29, 1.82) is 0 Å². The lowest BCUT2D eigenvalue weighted by Crippen LogP contribution is -2.26. The molecular formula is C24H24ClNO3. The second-order valence-electron chi connectivity index (χ2n) is 6.61. The molecule has 0 heterocycles. The number of nitrogens with one attached hydrogen (secondary N) is 1. The van der Waals surface area contributed by atoms with Gasteiger partial charge in [0.1, 0.15) is 18.1 Å². The Morgan fingerprint density at radius 2 is 1.79 bits per heavy atom. The van der Waals surface area contributed by atoms with Gasteiger partial charge in [-0.05, 0) is 55.8 Å². The summed E-state index contributed by atoms with van der Waals surface area (Å²) in [7, 11) is 0. The van der Waals surface area contributed by atoms with Crippen LogP contribution in [0.25, 0.3) is 0 Å². The molecule has 1 atom stereocenters. The molecule has 29 heavy (non-hydrogen) atoms. The fourth-order valence-electron chi connectivity index (χ4n) is 2.95. The molecule has 0 aromatic heterocycles. The first-order valence-corrected chi connectivity index (χ1v) is 9.94. The summed E-state index contributed by atoms with van der Waals surface area (Å²) < 4.78 is 11.5. The molecular weight excluding hydrogens is 386 g/mol. The molecule has 1 amide bonds. The van der Waals surface area contributed by atoms with Gasteiger partial charge in [-0.25, -0.2) is 0 Å². The van der Waals surface area contributed by atoms with Crippen molar-refractivity contribution >= 4 is 17.5 Å². The molecule has 0 radical (unpaired) electrons. The number of amides is 1. The summed E-state index contributed by atoms with van der Waals surface area (Å²) in [5.41, 5.74) is 2.41. The number of carbonyl (C=O) groups is 1. The van der Waals surface area contributed by atoms with Crippen molar-refractivity contribution in [2.24, 2.45) is 0 Å². The van der Waals surface area contributed by atoms with Crippen LogP contribution in [-0.4, -0.2) is 12.5 Å². The van der Waals surface area contributed by atoms with Crippen LogP contribution >= 0.6 is 11.6 Å². The Morgan fingerprint density at radius 1 is 1.00 bits per heavy atom. The second-order valence-corrected chi connectivity index (χ2v) is 7.04. The quantitative estimate of drug-likeness (QED) is 0.510. The SMILES string of the molecule is CCOc1ccc(C(=O)N[C@H](C)c2ccccc2)cc1COc1cccc(Cl)c1. The zero-order valence-electron chi connectivity index (χ0n) is 16.5. The molecule has 0 spiro atoms. The predicted molar refractivity (Wildman–Crippen MR) is 116 cm³/mol. The van der Waals surface area contributed by atoms with Gasteiger partial charge in [-0.3, -0.25) is 4.79 Å². The highest BCUT2D eigenvalue weighted by Gasteiger charge is 2.14. The van der Waals surface area contributed by atoms with Gasteiger partial charge in [-0.1, -0.05) is 48.0 Å². The number of benzene rings is 3. The molecule has 0 saturated carbocycles. The highest BCUT2D eigenvalue weighted by molar-refractivity contribution is 6.30. The van der Waals surface area contributed by atoms with Crippen LogP contribution in [0.15, 0.2) is 72.8 Å². The molecule has 0 bridgehead atoms. The summed E-state index contributed by atoms with van der Waals surface area (Å²) in [4.78, 5) is 12.8. The Balaban J connectivity index is 1.75. The van der Waals surface area contributed by atoms with E-state index in [1.165, 1.54) is 0 Å². The fraction of sp³-hybridized carbons (Fsp3) is 0.208. The summed E-state index contributed by atoms with van der Waals surface area (Å²) in [6.45, 7) is 4.68. The normalized spacial score (nSPS) is 11.6. The van der Waals surface area contributed by atoms with Gasteiger partial charge in [0.25, 0.3) is 5.91 Å². The molecule has 0 saturated heterocycles. The van der Waals surface area contributed by atoms with Crippen LogP contribution in [0, 0.1) is 0 Å². The zero-order chi connectivity index (χ0) is 20.6. The van der Waals surface area contributed by atoms with Crippen LogP contribution in [0.4, 0.5) is 0 Å². The minimum absolute atomic E-state index is 0.0959. The topological polar surface area (TPSA) is 47.6 Å². The standard InChI is InChI=1S/C24H24ClNO3/c1-3-28-23-13-12-19(24(27)26-17(2)18-8-5-4-6-9-18)14-20(23)16-29-22-11-7-10-21(25)15-22/h4-15,17H,3,16H2,1-2H3,(H,26,27)/t17-/m1/s1. The number of rotatable bonds is 8. The van der Waals surface area contributed by atoms with Crippen LogP contribution in [0.3, 0.4) is 0 Å². The molecule has 3 rings (SSSR count). The summed E-state index contributed by atoms with van der Waals surface area (Å²) in [6, 6.07) is 22.4. The first kappa shape index (κ1) is 20.7. The van der Waals surface area contributed by atoms with Gasteiger partial charge in [-0.2, -0.15) is 0 Å². The second kappa shape index (κ2) is 9.99. The number of halogens is 1. The van der Waals surface area contributed by atoms with E-state index in [1.807, 2.05) is 68.4 Å². The average Bonchev–Trinajstić information content (AvgIpc) is 2.74. The number of ether oxygens (including phenoxy) is 2. The molecule has 3 aromatic rings. The van der Waals surface area contributed by atoms with E-state index in [2.05, 4.69) is 5.32 Å². The van der Waals surface area contributed by atoms with Gasteiger partial charge in [0.2, 0.25) is 0 Å². The highest BCUT2D eigenvalue weighted by atomic mass is 35.5. The minimum Gasteiger partial charge on any atom is -0.493 e. The minimum atomic E-state index is -0.145. The Morgan fingerprint density at radius 3 is 2.52 bits per heavy atom. The van der Waals surface area contributed by atoms with Crippen molar-refractivity contribution in [2.45, 2.75) is 26.5 Å².